The van der Waals surface area contributed by atoms with Crippen LogP contribution in [0.5, 0.6) is 0 Å². The third-order valence-corrected chi connectivity index (χ3v) is 4.65. The Balaban J connectivity index is 1.72. The highest BCUT2D eigenvalue weighted by atomic mass is 35.5. The molecule has 1 aromatic rings. The summed E-state index contributed by atoms with van der Waals surface area (Å²) in [5.41, 5.74) is 1.31. The Hall–Kier alpha value is -0.130. The van der Waals surface area contributed by atoms with Gasteiger partial charge in [0, 0.05) is 10.9 Å². The average molecular weight is 260 g/mol. The minimum absolute atomic E-state index is 0.0645. The second-order valence-electron chi connectivity index (χ2n) is 4.40. The van der Waals surface area contributed by atoms with Crippen LogP contribution in [0.25, 0.3) is 0 Å². The van der Waals surface area contributed by atoms with E-state index < -0.39 is 0 Å². The van der Waals surface area contributed by atoms with E-state index in [-0.39, 0.29) is 12.1 Å². The molecule has 3 atom stereocenters. The van der Waals surface area contributed by atoms with Gasteiger partial charge in [0.2, 0.25) is 0 Å². The molecule has 0 aromatic carbocycles. The van der Waals surface area contributed by atoms with E-state index in [0.29, 0.717) is 19.3 Å². The number of hydrogen-bond acceptors (Lipinski definition) is 4. The lowest BCUT2D eigenvalue weighted by molar-refractivity contribution is 0.121. The number of ether oxygens (including phenoxy) is 1. The molecule has 1 aromatic heterocycles. The van der Waals surface area contributed by atoms with Gasteiger partial charge >= 0.3 is 0 Å². The van der Waals surface area contributed by atoms with Gasteiger partial charge in [-0.3, -0.25) is 0 Å². The molecule has 2 N–H and O–H groups in total. The maximum atomic E-state index is 9.69. The number of fused-ring (bicyclic) bond motifs is 1. The summed E-state index contributed by atoms with van der Waals surface area (Å²) in [7, 11) is 0. The molecule has 5 heteroatoms. The minimum atomic E-state index is -0.377. The number of aryl methyl sites for hydroxylation is 1. The monoisotopic (exact) mass is 259 g/mol. The Morgan fingerprint density at radius 3 is 3.12 bits per heavy atom. The van der Waals surface area contributed by atoms with Crippen LogP contribution in [0.3, 0.4) is 0 Å². The number of hydrogen-bond donors (Lipinski definition) is 2. The van der Waals surface area contributed by atoms with Crippen molar-refractivity contribution in [3.05, 3.63) is 20.8 Å². The van der Waals surface area contributed by atoms with Gasteiger partial charge in [0.15, 0.2) is 0 Å². The first-order chi connectivity index (χ1) is 7.74. The number of halogens is 1. The molecule has 1 fully saturated rings. The van der Waals surface area contributed by atoms with Crippen LogP contribution in [-0.4, -0.2) is 30.5 Å². The van der Waals surface area contributed by atoms with Gasteiger partial charge in [0.25, 0.3) is 0 Å². The number of nitrogens with one attached hydrogen (secondary N) is 1. The Bertz CT molecular complexity index is 395. The molecule has 1 aliphatic carbocycles. The van der Waals surface area contributed by atoms with E-state index in [1.54, 1.807) is 11.3 Å². The van der Waals surface area contributed by atoms with Gasteiger partial charge in [-0.15, -0.1) is 11.3 Å². The summed E-state index contributed by atoms with van der Waals surface area (Å²) in [6, 6.07) is 2.45. The zero-order valence-electron chi connectivity index (χ0n) is 8.78. The highest BCUT2D eigenvalue weighted by molar-refractivity contribution is 7.16. The molecule has 0 saturated carbocycles. The molecule has 0 radical (unpaired) electrons. The van der Waals surface area contributed by atoms with Crippen molar-refractivity contribution in [1.29, 1.82) is 0 Å². The summed E-state index contributed by atoms with van der Waals surface area (Å²) in [4.78, 5) is 1.39. The van der Waals surface area contributed by atoms with Crippen LogP contribution in [0.1, 0.15) is 22.9 Å². The zero-order valence-corrected chi connectivity index (χ0v) is 10.4. The summed E-state index contributed by atoms with van der Waals surface area (Å²) in [5.74, 6) is 0. The van der Waals surface area contributed by atoms with E-state index in [1.807, 2.05) is 0 Å². The Morgan fingerprint density at radius 1 is 1.50 bits per heavy atom. The van der Waals surface area contributed by atoms with Crippen molar-refractivity contribution in [3.63, 3.8) is 0 Å². The quantitative estimate of drug-likeness (QED) is 0.850. The fourth-order valence-electron chi connectivity index (χ4n) is 2.46. The van der Waals surface area contributed by atoms with Crippen LogP contribution >= 0.6 is 22.9 Å². The van der Waals surface area contributed by atoms with Crippen LogP contribution in [0.15, 0.2) is 6.07 Å². The first kappa shape index (κ1) is 11.0. The molecule has 0 amide bonds. The van der Waals surface area contributed by atoms with Gasteiger partial charge in [-0.2, -0.15) is 0 Å². The van der Waals surface area contributed by atoms with Crippen LogP contribution < -0.4 is 5.32 Å². The van der Waals surface area contributed by atoms with E-state index in [4.69, 9.17) is 16.3 Å². The third-order valence-electron chi connectivity index (χ3n) is 3.31. The molecule has 0 bridgehead atoms. The van der Waals surface area contributed by atoms with Crippen LogP contribution in [0.2, 0.25) is 4.34 Å². The van der Waals surface area contributed by atoms with Crippen molar-refractivity contribution in [1.82, 2.24) is 5.32 Å². The number of rotatable bonds is 2. The Kier molecular flexibility index (Phi) is 2.94. The average Bonchev–Trinajstić information content (AvgIpc) is 2.87. The van der Waals surface area contributed by atoms with E-state index in [1.165, 1.54) is 10.4 Å². The highest BCUT2D eigenvalue weighted by Gasteiger charge is 2.32. The number of aliphatic hydroxyl groups excluding tert-OH is 1. The molecule has 88 valence electrons. The maximum Gasteiger partial charge on any atom is 0.0948 e. The van der Waals surface area contributed by atoms with Gasteiger partial charge in [-0.25, -0.2) is 0 Å². The van der Waals surface area contributed by atoms with Crippen molar-refractivity contribution < 1.29 is 9.84 Å². The molecule has 2 heterocycles. The molecule has 16 heavy (non-hydrogen) atoms. The minimum Gasteiger partial charge on any atom is -0.389 e. The number of aliphatic hydroxyl groups is 1. The van der Waals surface area contributed by atoms with Gasteiger partial charge in [0.05, 0.1) is 29.7 Å². The fraction of sp³-hybridized carbons (Fsp3) is 0.636. The molecule has 0 spiro atoms. The normalized spacial score (nSPS) is 33.2. The Morgan fingerprint density at radius 2 is 2.38 bits per heavy atom. The lowest BCUT2D eigenvalue weighted by atomic mass is 10.1. The van der Waals surface area contributed by atoms with E-state index in [2.05, 4.69) is 11.4 Å². The van der Waals surface area contributed by atoms with Gasteiger partial charge in [-0.1, -0.05) is 11.6 Å². The highest BCUT2D eigenvalue weighted by Crippen LogP contribution is 2.39. The van der Waals surface area contributed by atoms with Crippen molar-refractivity contribution in [2.75, 3.05) is 13.2 Å². The topological polar surface area (TPSA) is 41.5 Å². The molecular weight excluding hydrogens is 246 g/mol. The summed E-state index contributed by atoms with van der Waals surface area (Å²) >= 11 is 7.68. The second kappa shape index (κ2) is 4.27. The lowest BCUT2D eigenvalue weighted by Crippen LogP contribution is -2.40. The van der Waals surface area contributed by atoms with Crippen molar-refractivity contribution in [2.24, 2.45) is 0 Å². The first-order valence-electron chi connectivity index (χ1n) is 5.54. The van der Waals surface area contributed by atoms with Gasteiger partial charge in [-0.05, 0) is 24.5 Å². The van der Waals surface area contributed by atoms with Crippen LogP contribution in [0.4, 0.5) is 0 Å². The van der Waals surface area contributed by atoms with Crippen molar-refractivity contribution in [3.8, 4) is 0 Å². The molecule has 1 saturated heterocycles. The van der Waals surface area contributed by atoms with Crippen LogP contribution in [-0.2, 0) is 11.2 Å². The lowest BCUT2D eigenvalue weighted by Gasteiger charge is -2.20. The predicted molar refractivity (Wildman–Crippen MR) is 64.1 cm³/mol. The van der Waals surface area contributed by atoms with Crippen molar-refractivity contribution in [2.45, 2.75) is 31.0 Å². The Labute approximate surface area is 103 Å². The maximum absolute atomic E-state index is 9.69. The first-order valence-corrected chi connectivity index (χ1v) is 6.73. The van der Waals surface area contributed by atoms with E-state index >= 15 is 0 Å². The third kappa shape index (κ3) is 1.89. The molecule has 2 aliphatic rings. The van der Waals surface area contributed by atoms with Gasteiger partial charge < -0.3 is 15.2 Å². The second-order valence-corrected chi connectivity index (χ2v) is 6.17. The SMILES string of the molecule is OC1COCC1NC1CCc2sc(Cl)cc21. The van der Waals surface area contributed by atoms with E-state index in [0.717, 1.165) is 17.2 Å². The summed E-state index contributed by atoms with van der Waals surface area (Å²) in [6.45, 7) is 1.05. The molecular formula is C11H14ClNO2S. The molecule has 3 rings (SSSR count). The van der Waals surface area contributed by atoms with Gasteiger partial charge in [0.1, 0.15) is 0 Å². The summed E-state index contributed by atoms with van der Waals surface area (Å²) in [6.07, 6.45) is 1.81. The zero-order chi connectivity index (χ0) is 11.1. The summed E-state index contributed by atoms with van der Waals surface area (Å²) in [5, 5.41) is 13.2. The van der Waals surface area contributed by atoms with Crippen molar-refractivity contribution >= 4 is 22.9 Å². The summed E-state index contributed by atoms with van der Waals surface area (Å²) < 4.78 is 6.10. The van der Waals surface area contributed by atoms with Crippen LogP contribution in [0, 0.1) is 0 Å². The smallest absolute Gasteiger partial charge is 0.0948 e. The van der Waals surface area contributed by atoms with E-state index in [9.17, 15) is 5.11 Å². The molecule has 3 nitrogen and oxygen atoms in total. The fourth-order valence-corrected chi connectivity index (χ4v) is 3.82. The number of thiophene rings is 1. The predicted octanol–water partition coefficient (Wildman–Crippen LogP) is 1.74. The molecule has 3 unspecified atom stereocenters. The molecule has 1 aliphatic heterocycles. The largest absolute Gasteiger partial charge is 0.389 e. The standard InChI is InChI=1S/C11H14ClNO2S/c12-11-3-6-7(1-2-10(6)16-11)13-8-4-15-5-9(8)14/h3,7-9,13-14H,1-2,4-5H2.